The number of carbonyl (C=O) groups is 1. The number of benzene rings is 2. The summed E-state index contributed by atoms with van der Waals surface area (Å²) in [5.74, 6) is 0.0135. The Labute approximate surface area is 131 Å². The lowest BCUT2D eigenvalue weighted by Crippen LogP contribution is -2.14. The maximum absolute atomic E-state index is 12.3. The van der Waals surface area contributed by atoms with Crippen LogP contribution in [0.4, 0.5) is 5.82 Å². The molecule has 0 spiro atoms. The molecule has 110 valence electrons. The minimum Gasteiger partial charge on any atom is -0.302 e. The van der Waals surface area contributed by atoms with Gasteiger partial charge in [-0.25, -0.2) is 4.63 Å². The molecule has 0 aliphatic carbocycles. The predicted molar refractivity (Wildman–Crippen MR) is 83.9 cm³/mol. The van der Waals surface area contributed by atoms with Crippen LogP contribution in [0.25, 0.3) is 11.3 Å². The van der Waals surface area contributed by atoms with Crippen LogP contribution in [0.15, 0.2) is 53.2 Å². The molecule has 1 amide bonds. The van der Waals surface area contributed by atoms with Crippen LogP contribution >= 0.6 is 11.6 Å². The Balaban J connectivity index is 1.88. The van der Waals surface area contributed by atoms with E-state index in [2.05, 4.69) is 15.6 Å². The minimum absolute atomic E-state index is 0.260. The Morgan fingerprint density at radius 3 is 2.55 bits per heavy atom. The van der Waals surface area contributed by atoms with Gasteiger partial charge in [0.15, 0.2) is 5.69 Å². The van der Waals surface area contributed by atoms with Gasteiger partial charge in [0.25, 0.3) is 5.91 Å². The van der Waals surface area contributed by atoms with E-state index in [0.717, 1.165) is 11.1 Å². The molecule has 1 heterocycles. The quantitative estimate of drug-likeness (QED) is 0.795. The molecule has 0 aliphatic heterocycles. The Morgan fingerprint density at radius 2 is 1.82 bits per heavy atom. The van der Waals surface area contributed by atoms with Crippen molar-refractivity contribution in [2.75, 3.05) is 5.32 Å². The van der Waals surface area contributed by atoms with Crippen LogP contribution in [0.5, 0.6) is 0 Å². The second-order valence-electron chi connectivity index (χ2n) is 4.74. The van der Waals surface area contributed by atoms with Gasteiger partial charge >= 0.3 is 0 Å². The highest BCUT2D eigenvalue weighted by molar-refractivity contribution is 6.30. The second-order valence-corrected chi connectivity index (χ2v) is 5.17. The van der Waals surface area contributed by atoms with Gasteiger partial charge in [0.05, 0.1) is 0 Å². The number of hydrogen-bond acceptors (Lipinski definition) is 4. The highest BCUT2D eigenvalue weighted by atomic mass is 35.5. The molecule has 0 saturated carbocycles. The molecule has 0 fully saturated rings. The van der Waals surface area contributed by atoms with Crippen LogP contribution in [0.2, 0.25) is 5.02 Å². The molecule has 5 nitrogen and oxygen atoms in total. The van der Waals surface area contributed by atoms with Gasteiger partial charge in [-0.05, 0) is 41.0 Å². The van der Waals surface area contributed by atoms with Crippen molar-refractivity contribution < 1.29 is 9.42 Å². The zero-order chi connectivity index (χ0) is 15.5. The Hall–Kier alpha value is -2.66. The molecule has 0 atom stereocenters. The van der Waals surface area contributed by atoms with Gasteiger partial charge in [-0.2, -0.15) is 0 Å². The third kappa shape index (κ3) is 2.84. The van der Waals surface area contributed by atoms with Gasteiger partial charge in [-0.1, -0.05) is 41.9 Å². The molecule has 3 aromatic rings. The molecule has 0 radical (unpaired) electrons. The summed E-state index contributed by atoms with van der Waals surface area (Å²) in [6.45, 7) is 1.87. The first kappa shape index (κ1) is 14.3. The van der Waals surface area contributed by atoms with E-state index in [1.54, 1.807) is 30.3 Å². The number of aryl methyl sites for hydroxylation is 1. The van der Waals surface area contributed by atoms with Crippen LogP contribution in [0.1, 0.15) is 15.9 Å². The van der Waals surface area contributed by atoms with Crippen molar-refractivity contribution in [3.63, 3.8) is 0 Å². The van der Waals surface area contributed by atoms with Gasteiger partial charge in [-0.3, -0.25) is 4.79 Å². The average molecular weight is 314 g/mol. The van der Waals surface area contributed by atoms with Crippen molar-refractivity contribution in [3.8, 4) is 11.3 Å². The van der Waals surface area contributed by atoms with Gasteiger partial charge < -0.3 is 5.32 Å². The van der Waals surface area contributed by atoms with Gasteiger partial charge in [0.1, 0.15) is 0 Å². The fourth-order valence-electron chi connectivity index (χ4n) is 2.07. The predicted octanol–water partition coefficient (Wildman–Crippen LogP) is 3.95. The van der Waals surface area contributed by atoms with Crippen molar-refractivity contribution in [3.05, 3.63) is 64.7 Å². The number of rotatable bonds is 3. The summed E-state index contributed by atoms with van der Waals surface area (Å²) in [6.07, 6.45) is 0. The van der Waals surface area contributed by atoms with E-state index in [9.17, 15) is 4.79 Å². The first-order valence-electron chi connectivity index (χ1n) is 6.60. The van der Waals surface area contributed by atoms with Crippen LogP contribution < -0.4 is 5.32 Å². The Bertz CT molecular complexity index is 812. The average Bonchev–Trinajstić information content (AvgIpc) is 2.96. The van der Waals surface area contributed by atoms with Gasteiger partial charge in [0.2, 0.25) is 5.82 Å². The number of halogens is 1. The largest absolute Gasteiger partial charge is 0.302 e. The van der Waals surface area contributed by atoms with E-state index in [1.165, 1.54) is 0 Å². The van der Waals surface area contributed by atoms with Crippen LogP contribution in [0.3, 0.4) is 0 Å². The second kappa shape index (κ2) is 5.99. The first-order valence-corrected chi connectivity index (χ1v) is 6.98. The van der Waals surface area contributed by atoms with Gasteiger partial charge in [0, 0.05) is 16.1 Å². The van der Waals surface area contributed by atoms with E-state index in [-0.39, 0.29) is 11.7 Å². The monoisotopic (exact) mass is 313 g/mol. The Kier molecular flexibility index (Phi) is 3.89. The third-order valence-corrected chi connectivity index (χ3v) is 3.48. The van der Waals surface area contributed by atoms with E-state index in [1.807, 2.05) is 25.1 Å². The van der Waals surface area contributed by atoms with Crippen molar-refractivity contribution in [2.45, 2.75) is 6.92 Å². The number of carbonyl (C=O) groups excluding carboxylic acids is 1. The minimum atomic E-state index is -0.260. The summed E-state index contributed by atoms with van der Waals surface area (Å²) < 4.78 is 4.75. The van der Waals surface area contributed by atoms with Crippen molar-refractivity contribution in [1.82, 2.24) is 10.3 Å². The topological polar surface area (TPSA) is 68.0 Å². The van der Waals surface area contributed by atoms with Crippen molar-refractivity contribution >= 4 is 23.3 Å². The highest BCUT2D eigenvalue weighted by Gasteiger charge is 2.16. The molecule has 1 N–H and O–H groups in total. The van der Waals surface area contributed by atoms with Crippen molar-refractivity contribution in [2.24, 2.45) is 0 Å². The number of anilines is 1. The van der Waals surface area contributed by atoms with Crippen molar-refractivity contribution in [1.29, 1.82) is 0 Å². The molecule has 0 bridgehead atoms. The normalized spacial score (nSPS) is 10.5. The lowest BCUT2D eigenvalue weighted by Gasteiger charge is -2.05. The number of nitrogens with zero attached hydrogens (tertiary/aromatic N) is 2. The molecule has 1 aromatic heterocycles. The molecule has 0 aliphatic rings. The van der Waals surface area contributed by atoms with Crippen LogP contribution in [0, 0.1) is 6.92 Å². The lowest BCUT2D eigenvalue weighted by molar-refractivity contribution is 0.102. The standard InChI is InChI=1S/C16H12ClN3O2/c1-10-4-2-3-5-13(10)16(21)18-15-14(19-22-20-15)11-6-8-12(17)9-7-11/h2-9H,1H3,(H,18,20,21). The van der Waals surface area contributed by atoms with E-state index < -0.39 is 0 Å². The molecular weight excluding hydrogens is 302 g/mol. The third-order valence-electron chi connectivity index (χ3n) is 3.23. The van der Waals surface area contributed by atoms with E-state index in [4.69, 9.17) is 16.2 Å². The highest BCUT2D eigenvalue weighted by Crippen LogP contribution is 2.26. The summed E-state index contributed by atoms with van der Waals surface area (Å²) in [4.78, 5) is 12.3. The first-order chi connectivity index (χ1) is 10.6. The summed E-state index contributed by atoms with van der Waals surface area (Å²) >= 11 is 5.87. The zero-order valence-electron chi connectivity index (χ0n) is 11.7. The SMILES string of the molecule is Cc1ccccc1C(=O)Nc1nonc1-c1ccc(Cl)cc1. The van der Waals surface area contributed by atoms with E-state index >= 15 is 0 Å². The molecule has 2 aromatic carbocycles. The molecule has 0 saturated heterocycles. The number of nitrogens with one attached hydrogen (secondary N) is 1. The number of amides is 1. The summed E-state index contributed by atoms with van der Waals surface area (Å²) in [7, 11) is 0. The summed E-state index contributed by atoms with van der Waals surface area (Å²) in [5.41, 5.74) is 2.67. The number of hydrogen-bond donors (Lipinski definition) is 1. The lowest BCUT2D eigenvalue weighted by atomic mass is 10.1. The van der Waals surface area contributed by atoms with Crippen LogP contribution in [-0.2, 0) is 0 Å². The maximum atomic E-state index is 12.3. The fraction of sp³-hybridized carbons (Fsp3) is 0.0625. The fourth-order valence-corrected chi connectivity index (χ4v) is 2.20. The Morgan fingerprint density at radius 1 is 1.09 bits per heavy atom. The molecule has 0 unspecified atom stereocenters. The summed E-state index contributed by atoms with van der Waals surface area (Å²) in [5, 5.41) is 10.9. The molecule has 6 heteroatoms. The molecular formula is C16H12ClN3O2. The summed E-state index contributed by atoms with van der Waals surface area (Å²) in [6, 6.07) is 14.3. The maximum Gasteiger partial charge on any atom is 0.257 e. The molecule has 3 rings (SSSR count). The zero-order valence-corrected chi connectivity index (χ0v) is 12.5. The smallest absolute Gasteiger partial charge is 0.257 e. The van der Waals surface area contributed by atoms with E-state index in [0.29, 0.717) is 16.3 Å². The van der Waals surface area contributed by atoms with Gasteiger partial charge in [-0.15, -0.1) is 0 Å². The van der Waals surface area contributed by atoms with Crippen LogP contribution in [-0.4, -0.2) is 16.2 Å². The molecule has 22 heavy (non-hydrogen) atoms. The number of aromatic nitrogens is 2.